The quantitative estimate of drug-likeness (QED) is 0.244. The number of aromatic nitrogens is 3. The number of hydrogen-bond acceptors (Lipinski definition) is 9. The van der Waals surface area contributed by atoms with Gasteiger partial charge in [0.25, 0.3) is 11.6 Å². The standard InChI is InChI=1S/C20H17N5O5S2/c1-3-30-16(26)8-13-10-31-19(21-13)23-18(27)17-11(2)24-9-15(22-20(24)32-17)12-5-4-6-14(7-12)25(28)29/h4-7,9-10H,3,8H2,1-2H3,(H,21,23,27). The van der Waals surface area contributed by atoms with Gasteiger partial charge < -0.3 is 4.74 Å². The molecule has 0 radical (unpaired) electrons. The molecule has 0 saturated heterocycles. The first-order valence-electron chi connectivity index (χ1n) is 9.50. The van der Waals surface area contributed by atoms with Crippen molar-refractivity contribution in [3.05, 3.63) is 62.2 Å². The van der Waals surface area contributed by atoms with Gasteiger partial charge in [0.2, 0.25) is 0 Å². The van der Waals surface area contributed by atoms with Crippen LogP contribution in [0.1, 0.15) is 28.0 Å². The number of hydrogen-bond donors (Lipinski definition) is 1. The average Bonchev–Trinajstić information content (AvgIpc) is 3.45. The molecule has 0 bridgehead atoms. The SMILES string of the molecule is CCOC(=O)Cc1csc(NC(=O)c2sc3nc(-c4cccc([N+](=O)[O-])c4)cn3c2C)n1. The zero-order chi connectivity index (χ0) is 22.8. The molecule has 0 atom stereocenters. The third-order valence-corrected chi connectivity index (χ3v) is 6.48. The van der Waals surface area contributed by atoms with Gasteiger partial charge in [0.15, 0.2) is 10.1 Å². The van der Waals surface area contributed by atoms with Crippen molar-refractivity contribution in [1.82, 2.24) is 14.4 Å². The van der Waals surface area contributed by atoms with Crippen LogP contribution in [0.3, 0.4) is 0 Å². The van der Waals surface area contributed by atoms with Crippen LogP contribution in [-0.2, 0) is 16.0 Å². The maximum atomic E-state index is 12.8. The summed E-state index contributed by atoms with van der Waals surface area (Å²) < 4.78 is 6.68. The highest BCUT2D eigenvalue weighted by Crippen LogP contribution is 2.29. The van der Waals surface area contributed by atoms with Crippen LogP contribution in [0, 0.1) is 17.0 Å². The number of esters is 1. The molecule has 3 heterocycles. The molecule has 0 unspecified atom stereocenters. The Hall–Kier alpha value is -3.64. The molecule has 0 saturated carbocycles. The van der Waals surface area contributed by atoms with E-state index in [1.165, 1.54) is 34.8 Å². The molecule has 4 aromatic rings. The van der Waals surface area contributed by atoms with Gasteiger partial charge in [-0.15, -0.1) is 11.3 Å². The van der Waals surface area contributed by atoms with Gasteiger partial charge in [-0.2, -0.15) is 0 Å². The highest BCUT2D eigenvalue weighted by Gasteiger charge is 2.20. The van der Waals surface area contributed by atoms with Crippen molar-refractivity contribution >= 4 is 50.3 Å². The zero-order valence-corrected chi connectivity index (χ0v) is 18.7. The van der Waals surface area contributed by atoms with Crippen LogP contribution in [0.5, 0.6) is 0 Å². The number of fused-ring (bicyclic) bond motifs is 1. The topological polar surface area (TPSA) is 129 Å². The monoisotopic (exact) mass is 471 g/mol. The number of amides is 1. The third kappa shape index (κ3) is 4.36. The smallest absolute Gasteiger partial charge is 0.311 e. The number of non-ortho nitro benzene ring substituents is 1. The van der Waals surface area contributed by atoms with E-state index in [1.54, 1.807) is 42.0 Å². The number of nitrogens with one attached hydrogen (secondary N) is 1. The number of ether oxygens (including phenoxy) is 1. The van der Waals surface area contributed by atoms with E-state index < -0.39 is 4.92 Å². The fourth-order valence-corrected chi connectivity index (χ4v) is 4.75. The molecule has 1 N–H and O–H groups in total. The first-order valence-corrected chi connectivity index (χ1v) is 11.2. The molecule has 32 heavy (non-hydrogen) atoms. The number of carbonyl (C=O) groups is 2. The Morgan fingerprint density at radius 1 is 1.31 bits per heavy atom. The number of nitro groups is 1. The summed E-state index contributed by atoms with van der Waals surface area (Å²) in [5, 5.41) is 15.9. The molecule has 1 amide bonds. The lowest BCUT2D eigenvalue weighted by Gasteiger charge is -2.01. The summed E-state index contributed by atoms with van der Waals surface area (Å²) in [6.45, 7) is 3.83. The van der Waals surface area contributed by atoms with Crippen LogP contribution >= 0.6 is 22.7 Å². The molecule has 10 nitrogen and oxygen atoms in total. The van der Waals surface area contributed by atoms with Gasteiger partial charge >= 0.3 is 5.97 Å². The minimum absolute atomic E-state index is 0.0126. The summed E-state index contributed by atoms with van der Waals surface area (Å²) in [5.74, 6) is -0.697. The summed E-state index contributed by atoms with van der Waals surface area (Å²) in [4.78, 5) is 44.8. The predicted molar refractivity (Wildman–Crippen MR) is 120 cm³/mol. The maximum absolute atomic E-state index is 12.8. The van der Waals surface area contributed by atoms with Crippen LogP contribution in [0.2, 0.25) is 0 Å². The number of thiazole rings is 2. The normalized spacial score (nSPS) is 10.9. The molecule has 0 aliphatic heterocycles. The predicted octanol–water partition coefficient (Wildman–Crippen LogP) is 4.09. The number of imidazole rings is 1. The number of nitro benzene ring substituents is 1. The Labute approximate surface area is 189 Å². The lowest BCUT2D eigenvalue weighted by Crippen LogP contribution is -2.12. The Morgan fingerprint density at radius 2 is 2.12 bits per heavy atom. The molecule has 12 heteroatoms. The number of carbonyl (C=O) groups excluding carboxylic acids is 2. The van der Waals surface area contributed by atoms with E-state index >= 15 is 0 Å². The summed E-state index contributed by atoms with van der Waals surface area (Å²) >= 11 is 2.44. The number of anilines is 1. The number of benzene rings is 1. The van der Waals surface area contributed by atoms with Gasteiger partial charge in [-0.3, -0.25) is 29.4 Å². The summed E-state index contributed by atoms with van der Waals surface area (Å²) in [6, 6.07) is 6.24. The summed E-state index contributed by atoms with van der Waals surface area (Å²) in [7, 11) is 0. The molecule has 0 aliphatic rings. The molecule has 3 aromatic heterocycles. The molecule has 164 valence electrons. The number of rotatable bonds is 7. The molecular formula is C20H17N5O5S2. The molecular weight excluding hydrogens is 454 g/mol. The first-order chi connectivity index (χ1) is 15.4. The van der Waals surface area contributed by atoms with Gasteiger partial charge in [0, 0.05) is 35.0 Å². The summed E-state index contributed by atoms with van der Waals surface area (Å²) in [6.07, 6.45) is 1.80. The van der Waals surface area contributed by atoms with E-state index in [2.05, 4.69) is 15.3 Å². The van der Waals surface area contributed by atoms with E-state index in [9.17, 15) is 19.7 Å². The Balaban J connectivity index is 1.52. The van der Waals surface area contributed by atoms with Crippen molar-refractivity contribution in [2.45, 2.75) is 20.3 Å². The van der Waals surface area contributed by atoms with Crippen LogP contribution in [0.4, 0.5) is 10.8 Å². The Bertz CT molecular complexity index is 1340. The maximum Gasteiger partial charge on any atom is 0.311 e. The number of aryl methyl sites for hydroxylation is 1. The van der Waals surface area contributed by atoms with Gasteiger partial charge in [0.1, 0.15) is 4.88 Å². The minimum Gasteiger partial charge on any atom is -0.466 e. The lowest BCUT2D eigenvalue weighted by molar-refractivity contribution is -0.384. The van der Waals surface area contributed by atoms with Crippen LogP contribution < -0.4 is 5.32 Å². The van der Waals surface area contributed by atoms with E-state index in [0.717, 1.165) is 0 Å². The van der Waals surface area contributed by atoms with E-state index in [0.29, 0.717) is 44.2 Å². The number of nitrogens with zero attached hydrogens (tertiary/aromatic N) is 4. The first kappa shape index (κ1) is 21.6. The fourth-order valence-electron chi connectivity index (χ4n) is 3.04. The second kappa shape index (κ2) is 8.85. The zero-order valence-electron chi connectivity index (χ0n) is 17.0. The van der Waals surface area contributed by atoms with Crippen molar-refractivity contribution < 1.29 is 19.2 Å². The highest BCUT2D eigenvalue weighted by atomic mass is 32.1. The van der Waals surface area contributed by atoms with E-state index in [4.69, 9.17) is 4.74 Å². The van der Waals surface area contributed by atoms with Gasteiger partial charge in [-0.25, -0.2) is 9.97 Å². The van der Waals surface area contributed by atoms with Gasteiger partial charge in [0.05, 0.1) is 29.3 Å². The minimum atomic E-state index is -0.452. The molecule has 4 rings (SSSR count). The molecule has 0 fully saturated rings. The summed E-state index contributed by atoms with van der Waals surface area (Å²) in [5.41, 5.74) is 2.41. The third-order valence-electron chi connectivity index (χ3n) is 4.52. The van der Waals surface area contributed by atoms with Crippen molar-refractivity contribution in [2.75, 3.05) is 11.9 Å². The average molecular weight is 472 g/mol. The van der Waals surface area contributed by atoms with Crippen LogP contribution in [0.15, 0.2) is 35.8 Å². The van der Waals surface area contributed by atoms with Crippen molar-refractivity contribution in [3.8, 4) is 11.3 Å². The van der Waals surface area contributed by atoms with Crippen LogP contribution in [-0.4, -0.2) is 37.8 Å². The van der Waals surface area contributed by atoms with Crippen molar-refractivity contribution in [1.29, 1.82) is 0 Å². The lowest BCUT2D eigenvalue weighted by atomic mass is 10.1. The Morgan fingerprint density at radius 3 is 2.84 bits per heavy atom. The van der Waals surface area contributed by atoms with Crippen molar-refractivity contribution in [2.24, 2.45) is 0 Å². The van der Waals surface area contributed by atoms with Gasteiger partial charge in [-0.1, -0.05) is 23.5 Å². The van der Waals surface area contributed by atoms with E-state index in [1.807, 2.05) is 0 Å². The second-order valence-electron chi connectivity index (χ2n) is 6.68. The largest absolute Gasteiger partial charge is 0.466 e. The molecule has 1 aromatic carbocycles. The fraction of sp³-hybridized carbons (Fsp3) is 0.200. The second-order valence-corrected chi connectivity index (χ2v) is 8.52. The highest BCUT2D eigenvalue weighted by molar-refractivity contribution is 7.19. The van der Waals surface area contributed by atoms with Crippen molar-refractivity contribution in [3.63, 3.8) is 0 Å². The molecule has 0 spiro atoms. The molecule has 0 aliphatic carbocycles. The van der Waals surface area contributed by atoms with Crippen LogP contribution in [0.25, 0.3) is 16.2 Å². The van der Waals surface area contributed by atoms with Gasteiger partial charge in [-0.05, 0) is 13.8 Å². The Kier molecular flexibility index (Phi) is 5.97. The van der Waals surface area contributed by atoms with E-state index in [-0.39, 0.29) is 24.0 Å².